The largest absolute Gasteiger partial charge is 0.459 e. The van der Waals surface area contributed by atoms with Crippen molar-refractivity contribution in [3.63, 3.8) is 0 Å². The lowest BCUT2D eigenvalue weighted by atomic mass is 9.81. The van der Waals surface area contributed by atoms with Crippen molar-refractivity contribution in [3.8, 4) is 0 Å². The Hall–Kier alpha value is -1.13. The molecule has 0 spiro atoms. The Morgan fingerprint density at radius 2 is 2.10 bits per heavy atom. The van der Waals surface area contributed by atoms with Crippen LogP contribution in [-0.4, -0.2) is 35.0 Å². The van der Waals surface area contributed by atoms with Gasteiger partial charge in [-0.3, -0.25) is 4.79 Å². The Balaban J connectivity index is 2.22. The number of allylic oxidation sites excluding steroid dienone is 1. The summed E-state index contributed by atoms with van der Waals surface area (Å²) in [5, 5.41) is 10.3. The molecule has 2 aliphatic rings. The zero-order chi connectivity index (χ0) is 15.8. The molecule has 2 rings (SSSR count). The Morgan fingerprint density at radius 3 is 2.67 bits per heavy atom. The number of hydrogen-bond acceptors (Lipinski definition) is 4. The quantitative estimate of drug-likeness (QED) is 0.483. The van der Waals surface area contributed by atoms with Crippen LogP contribution in [0.1, 0.15) is 46.5 Å². The third-order valence-electron chi connectivity index (χ3n) is 4.83. The van der Waals surface area contributed by atoms with E-state index in [4.69, 9.17) is 9.47 Å². The molecule has 0 aromatic carbocycles. The van der Waals surface area contributed by atoms with Crippen molar-refractivity contribution in [2.45, 2.75) is 70.4 Å². The SMILES string of the molecule is C=C1CCC2OC2(C)C(OC(C)=O)CC(C(=C)C)CC1O. The van der Waals surface area contributed by atoms with Crippen LogP contribution < -0.4 is 0 Å². The van der Waals surface area contributed by atoms with Crippen LogP contribution >= 0.6 is 0 Å². The van der Waals surface area contributed by atoms with Gasteiger partial charge >= 0.3 is 5.97 Å². The average Bonchev–Trinajstić information content (AvgIpc) is 3.05. The van der Waals surface area contributed by atoms with Crippen molar-refractivity contribution in [1.82, 2.24) is 0 Å². The summed E-state index contributed by atoms with van der Waals surface area (Å²) in [7, 11) is 0. The molecule has 1 aliphatic carbocycles. The first-order valence-corrected chi connectivity index (χ1v) is 7.60. The van der Waals surface area contributed by atoms with Gasteiger partial charge in [0.1, 0.15) is 11.7 Å². The summed E-state index contributed by atoms with van der Waals surface area (Å²) in [6.07, 6.45) is 1.99. The maximum absolute atomic E-state index is 11.4. The molecule has 0 bridgehead atoms. The molecule has 5 unspecified atom stereocenters. The summed E-state index contributed by atoms with van der Waals surface area (Å²) in [6, 6.07) is 0. The lowest BCUT2D eigenvalue weighted by molar-refractivity contribution is -0.150. The van der Waals surface area contributed by atoms with Crippen LogP contribution in [0, 0.1) is 5.92 Å². The molecule has 4 nitrogen and oxygen atoms in total. The van der Waals surface area contributed by atoms with Crippen LogP contribution in [0.4, 0.5) is 0 Å². The number of ether oxygens (including phenoxy) is 2. The summed E-state index contributed by atoms with van der Waals surface area (Å²) < 4.78 is 11.3. The minimum Gasteiger partial charge on any atom is -0.459 e. The van der Waals surface area contributed by atoms with Gasteiger partial charge in [0.25, 0.3) is 0 Å². The monoisotopic (exact) mass is 294 g/mol. The Labute approximate surface area is 126 Å². The molecule has 118 valence electrons. The van der Waals surface area contributed by atoms with E-state index < -0.39 is 11.7 Å². The van der Waals surface area contributed by atoms with E-state index in [9.17, 15) is 9.90 Å². The second-order valence-corrected chi connectivity index (χ2v) is 6.62. The summed E-state index contributed by atoms with van der Waals surface area (Å²) in [6.45, 7) is 13.4. The van der Waals surface area contributed by atoms with Gasteiger partial charge in [-0.25, -0.2) is 0 Å². The standard InChI is InChI=1S/C17H26O4/c1-10(2)13-8-14(19)11(3)6-7-15-17(5,21-15)16(9-13)20-12(4)18/h13-16,19H,1,3,6-9H2,2,4-5H3. The average molecular weight is 294 g/mol. The van der Waals surface area contributed by atoms with E-state index in [2.05, 4.69) is 13.2 Å². The van der Waals surface area contributed by atoms with E-state index in [0.29, 0.717) is 12.8 Å². The van der Waals surface area contributed by atoms with Crippen LogP contribution in [0.25, 0.3) is 0 Å². The van der Waals surface area contributed by atoms with Crippen LogP contribution in [0.5, 0.6) is 0 Å². The number of carbonyl (C=O) groups is 1. The van der Waals surface area contributed by atoms with Gasteiger partial charge in [-0.05, 0) is 51.0 Å². The van der Waals surface area contributed by atoms with E-state index in [1.807, 2.05) is 13.8 Å². The highest BCUT2D eigenvalue weighted by Gasteiger charge is 2.59. The number of aliphatic hydroxyl groups excluding tert-OH is 1. The third kappa shape index (κ3) is 3.55. The van der Waals surface area contributed by atoms with E-state index in [-0.39, 0.29) is 24.1 Å². The fourth-order valence-corrected chi connectivity index (χ4v) is 3.18. The molecular weight excluding hydrogens is 268 g/mol. The second kappa shape index (κ2) is 5.93. The van der Waals surface area contributed by atoms with Gasteiger partial charge in [0.2, 0.25) is 0 Å². The zero-order valence-electron chi connectivity index (χ0n) is 13.2. The molecule has 0 aromatic rings. The molecule has 1 N–H and O–H groups in total. The van der Waals surface area contributed by atoms with Crippen LogP contribution in [0.3, 0.4) is 0 Å². The Morgan fingerprint density at radius 1 is 1.43 bits per heavy atom. The van der Waals surface area contributed by atoms with E-state index in [0.717, 1.165) is 24.0 Å². The highest BCUT2D eigenvalue weighted by molar-refractivity contribution is 5.66. The molecule has 21 heavy (non-hydrogen) atoms. The molecule has 5 atom stereocenters. The number of esters is 1. The minimum atomic E-state index is -0.534. The molecule has 0 amide bonds. The van der Waals surface area contributed by atoms with Gasteiger partial charge in [-0.1, -0.05) is 18.7 Å². The molecule has 4 heteroatoms. The van der Waals surface area contributed by atoms with Crippen LogP contribution in [0.2, 0.25) is 0 Å². The maximum Gasteiger partial charge on any atom is 0.303 e. The van der Waals surface area contributed by atoms with Crippen LogP contribution in [-0.2, 0) is 14.3 Å². The highest BCUT2D eigenvalue weighted by Crippen LogP contribution is 2.47. The van der Waals surface area contributed by atoms with E-state index >= 15 is 0 Å². The summed E-state index contributed by atoms with van der Waals surface area (Å²) in [4.78, 5) is 11.4. The zero-order valence-corrected chi connectivity index (χ0v) is 13.2. The first-order valence-electron chi connectivity index (χ1n) is 7.60. The molecule has 1 aliphatic heterocycles. The number of fused-ring (bicyclic) bond motifs is 1. The van der Waals surface area contributed by atoms with Crippen LogP contribution in [0.15, 0.2) is 24.3 Å². The predicted molar refractivity (Wildman–Crippen MR) is 80.8 cm³/mol. The van der Waals surface area contributed by atoms with Crippen molar-refractivity contribution < 1.29 is 19.4 Å². The van der Waals surface area contributed by atoms with E-state index in [1.165, 1.54) is 6.92 Å². The van der Waals surface area contributed by atoms with Crippen molar-refractivity contribution >= 4 is 5.97 Å². The number of epoxide rings is 1. The van der Waals surface area contributed by atoms with Gasteiger partial charge in [-0.15, -0.1) is 0 Å². The number of rotatable bonds is 2. The normalized spacial score (nSPS) is 40.1. The van der Waals surface area contributed by atoms with Gasteiger partial charge in [0.15, 0.2) is 0 Å². The van der Waals surface area contributed by atoms with Crippen molar-refractivity contribution in [1.29, 1.82) is 0 Å². The first-order chi connectivity index (χ1) is 9.74. The number of carbonyl (C=O) groups excluding carboxylic acids is 1. The first kappa shape index (κ1) is 16.2. The van der Waals surface area contributed by atoms with Gasteiger partial charge < -0.3 is 14.6 Å². The van der Waals surface area contributed by atoms with Crippen molar-refractivity contribution in [2.24, 2.45) is 5.92 Å². The second-order valence-electron chi connectivity index (χ2n) is 6.62. The molecule has 0 aromatic heterocycles. The molecule has 1 saturated heterocycles. The lowest BCUT2D eigenvalue weighted by Gasteiger charge is -2.29. The Bertz CT molecular complexity index is 456. The summed E-state index contributed by atoms with van der Waals surface area (Å²) in [5.41, 5.74) is 1.42. The topological polar surface area (TPSA) is 59.1 Å². The Kier molecular flexibility index (Phi) is 4.59. The third-order valence-corrected chi connectivity index (χ3v) is 4.83. The molecule has 0 radical (unpaired) electrons. The van der Waals surface area contributed by atoms with Gasteiger partial charge in [0.05, 0.1) is 12.2 Å². The van der Waals surface area contributed by atoms with Crippen molar-refractivity contribution in [2.75, 3.05) is 0 Å². The fraction of sp³-hybridized carbons (Fsp3) is 0.706. The summed E-state index contributed by atoms with van der Waals surface area (Å²) in [5.74, 6) is -0.209. The fourth-order valence-electron chi connectivity index (χ4n) is 3.18. The summed E-state index contributed by atoms with van der Waals surface area (Å²) >= 11 is 0. The molecule has 2 fully saturated rings. The van der Waals surface area contributed by atoms with Crippen molar-refractivity contribution in [3.05, 3.63) is 24.3 Å². The number of aliphatic hydroxyl groups is 1. The maximum atomic E-state index is 11.4. The highest BCUT2D eigenvalue weighted by atomic mass is 16.6. The van der Waals surface area contributed by atoms with Gasteiger partial charge in [-0.2, -0.15) is 0 Å². The smallest absolute Gasteiger partial charge is 0.303 e. The number of hydrogen-bond donors (Lipinski definition) is 1. The lowest BCUT2D eigenvalue weighted by Crippen LogP contribution is -2.37. The molecule has 1 heterocycles. The molecule has 1 saturated carbocycles. The van der Waals surface area contributed by atoms with E-state index in [1.54, 1.807) is 0 Å². The molecular formula is C17H26O4. The van der Waals surface area contributed by atoms with Gasteiger partial charge in [0, 0.05) is 6.92 Å². The predicted octanol–water partition coefficient (Wildman–Crippen LogP) is 2.76. The minimum absolute atomic E-state index is 0.0645.